The van der Waals surface area contributed by atoms with E-state index in [4.69, 9.17) is 10.5 Å². The van der Waals surface area contributed by atoms with E-state index in [2.05, 4.69) is 5.10 Å². The van der Waals surface area contributed by atoms with E-state index in [1.807, 2.05) is 48.9 Å². The minimum atomic E-state index is -0.166. The first-order valence-corrected chi connectivity index (χ1v) is 7.73. The highest BCUT2D eigenvalue weighted by Crippen LogP contribution is 2.14. The van der Waals surface area contributed by atoms with E-state index in [-0.39, 0.29) is 18.7 Å². The van der Waals surface area contributed by atoms with Crippen LogP contribution in [0, 0.1) is 36.5 Å². The zero-order chi connectivity index (χ0) is 17.5. The molecule has 24 heavy (non-hydrogen) atoms. The van der Waals surface area contributed by atoms with E-state index in [1.165, 1.54) is 0 Å². The molecule has 6 heteroatoms. The van der Waals surface area contributed by atoms with Crippen LogP contribution in [-0.2, 0) is 0 Å². The Hall–Kier alpha value is -3.12. The van der Waals surface area contributed by atoms with Crippen LogP contribution in [0.4, 0.5) is 0 Å². The minimum absolute atomic E-state index is 0.166. The zero-order valence-electron chi connectivity index (χ0n) is 13.9. The van der Waals surface area contributed by atoms with Crippen LogP contribution in [0.2, 0.25) is 0 Å². The van der Waals surface area contributed by atoms with Gasteiger partial charge < -0.3 is 4.90 Å². The second-order valence-corrected chi connectivity index (χ2v) is 5.49. The van der Waals surface area contributed by atoms with Crippen LogP contribution in [0.5, 0.6) is 0 Å². The first kappa shape index (κ1) is 17.2. The van der Waals surface area contributed by atoms with Crippen LogP contribution < -0.4 is 0 Å². The maximum absolute atomic E-state index is 12.6. The molecule has 1 aromatic heterocycles. The molecular weight excluding hydrogens is 302 g/mol. The number of aryl methyl sites for hydroxylation is 2. The molecule has 0 atom stereocenters. The summed E-state index contributed by atoms with van der Waals surface area (Å²) in [6.45, 7) is 4.57. The van der Waals surface area contributed by atoms with Gasteiger partial charge in [-0.05, 0) is 44.2 Å². The van der Waals surface area contributed by atoms with E-state index in [9.17, 15) is 4.79 Å². The van der Waals surface area contributed by atoms with Crippen molar-refractivity contribution in [1.29, 1.82) is 10.5 Å². The highest BCUT2D eigenvalue weighted by atomic mass is 16.2. The maximum Gasteiger partial charge on any atom is 0.253 e. The van der Waals surface area contributed by atoms with Gasteiger partial charge in [0.05, 0.1) is 36.4 Å². The molecule has 6 nitrogen and oxygen atoms in total. The quantitative estimate of drug-likeness (QED) is 0.818. The summed E-state index contributed by atoms with van der Waals surface area (Å²) in [5.74, 6) is -0.166. The van der Waals surface area contributed by atoms with E-state index < -0.39 is 0 Å². The lowest BCUT2D eigenvalue weighted by molar-refractivity contribution is 0.0762. The largest absolute Gasteiger partial charge is 0.337 e. The van der Waals surface area contributed by atoms with Crippen LogP contribution in [0.1, 0.15) is 34.6 Å². The fraction of sp³-hybridized carbons (Fsp3) is 0.333. The van der Waals surface area contributed by atoms with Crippen molar-refractivity contribution < 1.29 is 4.79 Å². The van der Waals surface area contributed by atoms with Crippen molar-refractivity contribution >= 4 is 5.91 Å². The summed E-state index contributed by atoms with van der Waals surface area (Å²) in [4.78, 5) is 14.1. The lowest BCUT2D eigenvalue weighted by Crippen LogP contribution is -2.32. The number of nitrogens with zero attached hydrogens (tertiary/aromatic N) is 5. The van der Waals surface area contributed by atoms with Gasteiger partial charge in [0.25, 0.3) is 5.91 Å². The summed E-state index contributed by atoms with van der Waals surface area (Å²) < 4.78 is 1.83. The molecule has 122 valence electrons. The molecule has 0 bridgehead atoms. The van der Waals surface area contributed by atoms with Crippen molar-refractivity contribution in [1.82, 2.24) is 14.7 Å². The van der Waals surface area contributed by atoms with Crippen molar-refractivity contribution in [2.24, 2.45) is 0 Å². The predicted molar refractivity (Wildman–Crippen MR) is 89.4 cm³/mol. The molecule has 1 heterocycles. The first-order chi connectivity index (χ1) is 11.6. The number of hydrogen-bond donors (Lipinski definition) is 0. The Bertz CT molecular complexity index is 774. The molecule has 0 aliphatic heterocycles. The number of amides is 1. The van der Waals surface area contributed by atoms with E-state index in [1.54, 1.807) is 17.0 Å². The van der Waals surface area contributed by atoms with Crippen molar-refractivity contribution in [3.63, 3.8) is 0 Å². The average Bonchev–Trinajstić information content (AvgIpc) is 2.93. The van der Waals surface area contributed by atoms with Gasteiger partial charge in [-0.25, -0.2) is 4.68 Å². The van der Waals surface area contributed by atoms with Gasteiger partial charge in [-0.3, -0.25) is 4.79 Å². The number of carbonyl (C=O) groups is 1. The summed E-state index contributed by atoms with van der Waals surface area (Å²) in [5.41, 5.74) is 3.39. The van der Waals surface area contributed by atoms with E-state index >= 15 is 0 Å². The first-order valence-electron chi connectivity index (χ1n) is 7.73. The van der Waals surface area contributed by atoms with Crippen molar-refractivity contribution in [3.05, 3.63) is 47.3 Å². The number of benzene rings is 1. The van der Waals surface area contributed by atoms with Crippen LogP contribution in [0.25, 0.3) is 5.69 Å². The maximum atomic E-state index is 12.6. The van der Waals surface area contributed by atoms with Gasteiger partial charge in [-0.1, -0.05) is 0 Å². The van der Waals surface area contributed by atoms with Crippen LogP contribution in [0.3, 0.4) is 0 Å². The molecule has 0 aliphatic rings. The van der Waals surface area contributed by atoms with Gasteiger partial charge in [0, 0.05) is 24.3 Å². The monoisotopic (exact) mass is 321 g/mol. The summed E-state index contributed by atoms with van der Waals surface area (Å²) in [5, 5.41) is 21.9. The molecule has 0 fully saturated rings. The van der Waals surface area contributed by atoms with Gasteiger partial charge in [0.1, 0.15) is 0 Å². The highest BCUT2D eigenvalue weighted by Gasteiger charge is 2.15. The topological polar surface area (TPSA) is 85.7 Å². The average molecular weight is 321 g/mol. The molecular formula is C18H19N5O. The van der Waals surface area contributed by atoms with Gasteiger partial charge in [0.15, 0.2) is 0 Å². The normalized spacial score (nSPS) is 10.0. The summed E-state index contributed by atoms with van der Waals surface area (Å²) in [6, 6.07) is 13.2. The second-order valence-electron chi connectivity index (χ2n) is 5.49. The molecule has 0 aliphatic carbocycles. The summed E-state index contributed by atoms with van der Waals surface area (Å²) in [7, 11) is 0. The third-order valence-corrected chi connectivity index (χ3v) is 3.64. The Morgan fingerprint density at radius 3 is 2.17 bits per heavy atom. The Morgan fingerprint density at radius 2 is 1.71 bits per heavy atom. The molecule has 1 amide bonds. The Kier molecular flexibility index (Phi) is 5.70. The van der Waals surface area contributed by atoms with Gasteiger partial charge in [-0.2, -0.15) is 15.6 Å². The van der Waals surface area contributed by atoms with E-state index in [0.29, 0.717) is 18.7 Å². The summed E-state index contributed by atoms with van der Waals surface area (Å²) >= 11 is 0. The number of aromatic nitrogens is 2. The van der Waals surface area contributed by atoms with Gasteiger partial charge >= 0.3 is 0 Å². The molecule has 1 aromatic carbocycles. The molecule has 2 aromatic rings. The number of nitriles is 2. The van der Waals surface area contributed by atoms with Gasteiger partial charge in [0.2, 0.25) is 0 Å². The molecule has 0 radical (unpaired) electrons. The predicted octanol–water partition coefficient (Wildman–Crippen LogP) is 2.76. The summed E-state index contributed by atoms with van der Waals surface area (Å²) in [6.07, 6.45) is 0.502. The molecule has 0 N–H and O–H groups in total. The smallest absolute Gasteiger partial charge is 0.253 e. The minimum Gasteiger partial charge on any atom is -0.337 e. The van der Waals surface area contributed by atoms with Gasteiger partial charge in [-0.15, -0.1) is 0 Å². The van der Waals surface area contributed by atoms with Crippen molar-refractivity contribution in [2.45, 2.75) is 26.7 Å². The number of rotatable bonds is 6. The fourth-order valence-corrected chi connectivity index (χ4v) is 2.50. The zero-order valence-corrected chi connectivity index (χ0v) is 13.9. The lowest BCUT2D eigenvalue weighted by Gasteiger charge is -2.20. The van der Waals surface area contributed by atoms with Crippen LogP contribution in [-0.4, -0.2) is 33.7 Å². The molecule has 0 saturated carbocycles. The standard InChI is InChI=1S/C18H19N5O/c1-14-13-15(2)23(21-14)17-7-5-16(6-8-17)18(24)22(11-3-9-19)12-4-10-20/h5-8,13H,3-4,11-12H2,1-2H3. The molecule has 0 saturated heterocycles. The Balaban J connectivity index is 2.19. The number of hydrogen-bond acceptors (Lipinski definition) is 4. The van der Waals surface area contributed by atoms with Crippen molar-refractivity contribution in [3.8, 4) is 17.8 Å². The number of carbonyl (C=O) groups excluding carboxylic acids is 1. The lowest BCUT2D eigenvalue weighted by atomic mass is 10.1. The third kappa shape index (κ3) is 3.99. The van der Waals surface area contributed by atoms with Crippen LogP contribution in [0.15, 0.2) is 30.3 Å². The Morgan fingerprint density at radius 1 is 1.12 bits per heavy atom. The Labute approximate surface area is 141 Å². The second kappa shape index (κ2) is 7.94. The highest BCUT2D eigenvalue weighted by molar-refractivity contribution is 5.94. The fourth-order valence-electron chi connectivity index (χ4n) is 2.50. The molecule has 2 rings (SSSR count). The SMILES string of the molecule is Cc1cc(C)n(-c2ccc(C(=O)N(CCC#N)CCC#N)cc2)n1. The van der Waals surface area contributed by atoms with Crippen molar-refractivity contribution in [2.75, 3.05) is 13.1 Å². The third-order valence-electron chi connectivity index (χ3n) is 3.64. The molecule has 0 unspecified atom stereocenters. The molecule has 0 spiro atoms. The van der Waals surface area contributed by atoms with Crippen LogP contribution >= 0.6 is 0 Å². The van der Waals surface area contributed by atoms with E-state index in [0.717, 1.165) is 17.1 Å².